The van der Waals surface area contributed by atoms with E-state index in [2.05, 4.69) is 0 Å². The van der Waals surface area contributed by atoms with Crippen molar-refractivity contribution in [2.75, 3.05) is 14.2 Å². The molecule has 4 nitrogen and oxygen atoms in total. The largest absolute Gasteiger partial charge is 0.498 e. The number of carboxylic acid groups (broad SMARTS) is 1. The third-order valence-electron chi connectivity index (χ3n) is 3.59. The van der Waals surface area contributed by atoms with Gasteiger partial charge in [0.25, 0.3) is 0 Å². The van der Waals surface area contributed by atoms with Gasteiger partial charge in [-0.3, -0.25) is 0 Å². The first-order valence-electron chi connectivity index (χ1n) is 5.44. The van der Waals surface area contributed by atoms with Crippen molar-refractivity contribution in [3.05, 3.63) is 11.5 Å². The molecule has 1 aliphatic carbocycles. The molecule has 0 saturated heterocycles. The third kappa shape index (κ3) is 1.54. The molecule has 0 aromatic heterocycles. The summed E-state index contributed by atoms with van der Waals surface area (Å²) in [4.78, 5) is 12.9. The molecular formula is C11H16FNO3. The summed E-state index contributed by atoms with van der Waals surface area (Å²) < 4.78 is 18.5. The Labute approximate surface area is 93.7 Å². The number of fused-ring (bicyclic) bond motifs is 1. The van der Waals surface area contributed by atoms with Gasteiger partial charge in [0.15, 0.2) is 5.70 Å². The molecule has 0 spiro atoms. The molecular weight excluding hydrogens is 213 g/mol. The normalized spacial score (nSPS) is 33.9. The fourth-order valence-electron chi connectivity index (χ4n) is 2.87. The van der Waals surface area contributed by atoms with Crippen molar-refractivity contribution in [3.63, 3.8) is 0 Å². The standard InChI is InChI=1S/C11H16FNO3/c1-13-8-4-3-6(12)5-7(8)10(16-2)9(13)11(14)15/h6-8H,3-5H2,1-2H3,(H,14,15). The van der Waals surface area contributed by atoms with Crippen LogP contribution in [-0.2, 0) is 9.53 Å². The number of hydrogen-bond acceptors (Lipinski definition) is 3. The lowest BCUT2D eigenvalue weighted by Gasteiger charge is -2.32. The number of nitrogens with zero attached hydrogens (tertiary/aromatic N) is 1. The molecule has 0 aromatic carbocycles. The second kappa shape index (κ2) is 3.96. The molecule has 0 radical (unpaired) electrons. The molecule has 0 bridgehead atoms. The topological polar surface area (TPSA) is 49.8 Å². The summed E-state index contributed by atoms with van der Waals surface area (Å²) in [6, 6.07) is 0.0769. The average molecular weight is 229 g/mol. The molecule has 3 unspecified atom stereocenters. The lowest BCUT2D eigenvalue weighted by molar-refractivity contribution is -0.134. The van der Waals surface area contributed by atoms with Crippen molar-refractivity contribution < 1.29 is 19.0 Å². The van der Waals surface area contributed by atoms with Crippen LogP contribution in [0, 0.1) is 5.92 Å². The minimum absolute atomic E-state index is 0.0769. The zero-order valence-electron chi connectivity index (χ0n) is 9.44. The summed E-state index contributed by atoms with van der Waals surface area (Å²) in [5.41, 5.74) is 0.187. The van der Waals surface area contributed by atoms with Crippen molar-refractivity contribution in [2.45, 2.75) is 31.5 Å². The first-order valence-corrected chi connectivity index (χ1v) is 5.44. The number of ether oxygens (including phenoxy) is 1. The van der Waals surface area contributed by atoms with Gasteiger partial charge in [-0.15, -0.1) is 0 Å². The summed E-state index contributed by atoms with van der Waals surface area (Å²) in [5.74, 6) is -0.670. The van der Waals surface area contributed by atoms with Crippen LogP contribution in [0.15, 0.2) is 11.5 Å². The highest BCUT2D eigenvalue weighted by Gasteiger charge is 2.45. The van der Waals surface area contributed by atoms with Crippen LogP contribution in [0.2, 0.25) is 0 Å². The van der Waals surface area contributed by atoms with Crippen molar-refractivity contribution in [1.29, 1.82) is 0 Å². The first kappa shape index (κ1) is 11.2. The van der Waals surface area contributed by atoms with E-state index >= 15 is 0 Å². The van der Waals surface area contributed by atoms with Crippen LogP contribution < -0.4 is 0 Å². The average Bonchev–Trinajstić information content (AvgIpc) is 2.50. The van der Waals surface area contributed by atoms with Gasteiger partial charge in [0.1, 0.15) is 11.9 Å². The molecule has 1 heterocycles. The number of methoxy groups -OCH3 is 1. The minimum Gasteiger partial charge on any atom is -0.498 e. The predicted molar refractivity (Wildman–Crippen MR) is 55.5 cm³/mol. The zero-order chi connectivity index (χ0) is 11.9. The van der Waals surface area contributed by atoms with E-state index in [1.165, 1.54) is 7.11 Å². The molecule has 1 fully saturated rings. The highest BCUT2D eigenvalue weighted by atomic mass is 19.1. The Kier molecular flexibility index (Phi) is 2.78. The lowest BCUT2D eigenvalue weighted by atomic mass is 9.84. The number of likely N-dealkylation sites (N-methyl/N-ethyl adjacent to an activating group) is 1. The van der Waals surface area contributed by atoms with Crippen LogP contribution in [0.5, 0.6) is 0 Å². The molecule has 16 heavy (non-hydrogen) atoms. The van der Waals surface area contributed by atoms with E-state index < -0.39 is 12.1 Å². The zero-order valence-corrected chi connectivity index (χ0v) is 9.44. The highest BCUT2D eigenvalue weighted by molar-refractivity contribution is 5.87. The van der Waals surface area contributed by atoms with Gasteiger partial charge in [-0.05, 0) is 19.3 Å². The van der Waals surface area contributed by atoms with Gasteiger partial charge in [0.05, 0.1) is 7.11 Å². The van der Waals surface area contributed by atoms with Crippen LogP contribution in [0.25, 0.3) is 0 Å². The summed E-state index contributed by atoms with van der Waals surface area (Å²) >= 11 is 0. The Bertz CT molecular complexity index is 342. The molecule has 0 aromatic rings. The van der Waals surface area contributed by atoms with Gasteiger partial charge < -0.3 is 14.7 Å². The number of hydrogen-bond donors (Lipinski definition) is 1. The van der Waals surface area contributed by atoms with Gasteiger partial charge in [0, 0.05) is 19.0 Å². The maximum Gasteiger partial charge on any atom is 0.355 e. The number of rotatable bonds is 2. The maximum atomic E-state index is 13.3. The third-order valence-corrected chi connectivity index (χ3v) is 3.59. The van der Waals surface area contributed by atoms with Crippen molar-refractivity contribution in [2.24, 2.45) is 5.92 Å². The van der Waals surface area contributed by atoms with Crippen molar-refractivity contribution >= 4 is 5.97 Å². The van der Waals surface area contributed by atoms with Crippen LogP contribution >= 0.6 is 0 Å². The van der Waals surface area contributed by atoms with Crippen molar-refractivity contribution in [3.8, 4) is 0 Å². The van der Waals surface area contributed by atoms with Gasteiger partial charge >= 0.3 is 5.97 Å². The van der Waals surface area contributed by atoms with E-state index in [0.29, 0.717) is 25.0 Å². The Morgan fingerprint density at radius 1 is 1.56 bits per heavy atom. The second-order valence-electron chi connectivity index (χ2n) is 4.42. The maximum absolute atomic E-state index is 13.3. The number of alkyl halides is 1. The molecule has 1 N–H and O–H groups in total. The molecule has 90 valence electrons. The second-order valence-corrected chi connectivity index (χ2v) is 4.42. The van der Waals surface area contributed by atoms with Crippen LogP contribution in [0.3, 0.4) is 0 Å². The smallest absolute Gasteiger partial charge is 0.355 e. The van der Waals surface area contributed by atoms with E-state index in [4.69, 9.17) is 9.84 Å². The van der Waals surface area contributed by atoms with Crippen molar-refractivity contribution in [1.82, 2.24) is 4.90 Å². The number of aliphatic carboxylic acids is 1. The Hall–Kier alpha value is -1.26. The Morgan fingerprint density at radius 3 is 2.81 bits per heavy atom. The molecule has 5 heteroatoms. The van der Waals surface area contributed by atoms with E-state index in [1.807, 2.05) is 0 Å². The van der Waals surface area contributed by atoms with E-state index in [0.717, 1.165) is 0 Å². The van der Waals surface area contributed by atoms with Crippen LogP contribution in [0.1, 0.15) is 19.3 Å². The summed E-state index contributed by atoms with van der Waals surface area (Å²) in [6.45, 7) is 0. The minimum atomic E-state index is -0.996. The van der Waals surface area contributed by atoms with E-state index in [1.54, 1.807) is 11.9 Å². The molecule has 2 rings (SSSR count). The highest BCUT2D eigenvalue weighted by Crippen LogP contribution is 2.42. The molecule has 1 saturated carbocycles. The van der Waals surface area contributed by atoms with Crippen LogP contribution in [-0.4, -0.2) is 42.3 Å². The number of carboxylic acids is 1. The summed E-state index contributed by atoms with van der Waals surface area (Å²) in [5, 5.41) is 9.12. The molecule has 0 amide bonds. The Morgan fingerprint density at radius 2 is 2.25 bits per heavy atom. The Balaban J connectivity index is 2.34. The monoisotopic (exact) mass is 229 g/mol. The van der Waals surface area contributed by atoms with Gasteiger partial charge in [-0.25, -0.2) is 9.18 Å². The number of halogens is 1. The fraction of sp³-hybridized carbons (Fsp3) is 0.727. The molecule has 1 aliphatic heterocycles. The predicted octanol–water partition coefficient (Wildman–Crippen LogP) is 1.38. The first-order chi connectivity index (χ1) is 7.56. The summed E-state index contributed by atoms with van der Waals surface area (Å²) in [7, 11) is 3.20. The lowest BCUT2D eigenvalue weighted by Crippen LogP contribution is -2.37. The summed E-state index contributed by atoms with van der Waals surface area (Å²) in [6.07, 6.45) is 0.726. The van der Waals surface area contributed by atoms with Gasteiger partial charge in [-0.2, -0.15) is 0 Å². The van der Waals surface area contributed by atoms with E-state index in [9.17, 15) is 9.18 Å². The van der Waals surface area contributed by atoms with Gasteiger partial charge in [-0.1, -0.05) is 0 Å². The SMILES string of the molecule is COC1=C(C(=O)O)N(C)C2CCC(F)CC12. The van der Waals surface area contributed by atoms with Gasteiger partial charge in [0.2, 0.25) is 0 Å². The molecule has 3 atom stereocenters. The number of carbonyl (C=O) groups is 1. The molecule has 2 aliphatic rings. The fourth-order valence-corrected chi connectivity index (χ4v) is 2.87. The van der Waals surface area contributed by atoms with E-state index in [-0.39, 0.29) is 17.7 Å². The quantitative estimate of drug-likeness (QED) is 0.777. The van der Waals surface area contributed by atoms with Crippen LogP contribution in [0.4, 0.5) is 4.39 Å².